The van der Waals surface area contributed by atoms with Crippen molar-refractivity contribution in [3.63, 3.8) is 0 Å². The lowest BCUT2D eigenvalue weighted by atomic mass is 9.97. The van der Waals surface area contributed by atoms with Crippen LogP contribution in [0.4, 0.5) is 0 Å². The second-order valence-corrected chi connectivity index (χ2v) is 9.79. The SMILES string of the molecule is O=c1[nH]c(C2CCN(S(=O)(=O)c3ccccc3)CC2)nc2c1nnn2Cc1ccccc1. The summed E-state index contributed by atoms with van der Waals surface area (Å²) in [7, 11) is -3.53. The van der Waals surface area contributed by atoms with Gasteiger partial charge >= 0.3 is 0 Å². The molecule has 0 radical (unpaired) electrons. The van der Waals surface area contributed by atoms with Gasteiger partial charge in [-0.2, -0.15) is 4.31 Å². The van der Waals surface area contributed by atoms with Gasteiger partial charge in [0.15, 0.2) is 11.2 Å². The Morgan fingerprint density at radius 1 is 0.969 bits per heavy atom. The molecule has 1 aliphatic rings. The van der Waals surface area contributed by atoms with E-state index < -0.39 is 10.0 Å². The van der Waals surface area contributed by atoms with Crippen molar-refractivity contribution in [2.24, 2.45) is 0 Å². The van der Waals surface area contributed by atoms with Gasteiger partial charge in [0, 0.05) is 19.0 Å². The van der Waals surface area contributed by atoms with Gasteiger partial charge in [0.05, 0.1) is 11.4 Å². The minimum absolute atomic E-state index is 0.0469. The van der Waals surface area contributed by atoms with Crippen molar-refractivity contribution >= 4 is 21.2 Å². The molecule has 1 saturated heterocycles. The summed E-state index contributed by atoms with van der Waals surface area (Å²) in [6.45, 7) is 1.19. The van der Waals surface area contributed by atoms with Gasteiger partial charge < -0.3 is 4.98 Å². The van der Waals surface area contributed by atoms with Gasteiger partial charge in [-0.25, -0.2) is 18.1 Å². The van der Waals surface area contributed by atoms with Crippen molar-refractivity contribution in [1.82, 2.24) is 29.3 Å². The minimum Gasteiger partial charge on any atom is -0.308 e. The number of sulfonamides is 1. The van der Waals surface area contributed by atoms with E-state index in [2.05, 4.69) is 20.3 Å². The molecule has 9 nitrogen and oxygen atoms in total. The highest BCUT2D eigenvalue weighted by Crippen LogP contribution is 2.29. The molecule has 0 aliphatic carbocycles. The number of rotatable bonds is 5. The van der Waals surface area contributed by atoms with Crippen LogP contribution in [0.5, 0.6) is 0 Å². The molecule has 0 bridgehead atoms. The van der Waals surface area contributed by atoms with E-state index in [4.69, 9.17) is 0 Å². The van der Waals surface area contributed by atoms with Crippen LogP contribution in [0.15, 0.2) is 70.4 Å². The average Bonchev–Trinajstić information content (AvgIpc) is 3.23. The van der Waals surface area contributed by atoms with Crippen LogP contribution in [0.2, 0.25) is 0 Å². The molecule has 2 aromatic heterocycles. The van der Waals surface area contributed by atoms with E-state index >= 15 is 0 Å². The highest BCUT2D eigenvalue weighted by molar-refractivity contribution is 7.89. The Balaban J connectivity index is 1.38. The minimum atomic E-state index is -3.53. The lowest BCUT2D eigenvalue weighted by Gasteiger charge is -2.30. The highest BCUT2D eigenvalue weighted by Gasteiger charge is 2.31. The zero-order chi connectivity index (χ0) is 22.1. The highest BCUT2D eigenvalue weighted by atomic mass is 32.2. The summed E-state index contributed by atoms with van der Waals surface area (Å²) in [5.41, 5.74) is 1.34. The summed E-state index contributed by atoms with van der Waals surface area (Å²) in [6.07, 6.45) is 1.14. The van der Waals surface area contributed by atoms with Gasteiger partial charge in [-0.15, -0.1) is 5.10 Å². The number of aromatic amines is 1. The molecule has 164 valence electrons. The first kappa shape index (κ1) is 20.5. The predicted octanol–water partition coefficient (Wildman–Crippen LogP) is 2.13. The maximum Gasteiger partial charge on any atom is 0.281 e. The predicted molar refractivity (Wildman–Crippen MR) is 119 cm³/mol. The Morgan fingerprint density at radius 3 is 2.31 bits per heavy atom. The molecule has 1 N–H and O–H groups in total. The van der Waals surface area contributed by atoms with Crippen LogP contribution in [0.25, 0.3) is 11.2 Å². The number of hydrogen-bond donors (Lipinski definition) is 1. The fourth-order valence-electron chi connectivity index (χ4n) is 4.05. The summed E-state index contributed by atoms with van der Waals surface area (Å²) in [5.74, 6) is 0.505. The lowest BCUT2D eigenvalue weighted by molar-refractivity contribution is 0.313. The second-order valence-electron chi connectivity index (χ2n) is 7.85. The second kappa shape index (κ2) is 8.29. The number of nitrogens with one attached hydrogen (secondary N) is 1. The summed E-state index contributed by atoms with van der Waals surface area (Å²) < 4.78 is 28.9. The van der Waals surface area contributed by atoms with Crippen molar-refractivity contribution in [1.29, 1.82) is 0 Å². The van der Waals surface area contributed by atoms with Gasteiger partial charge in [-0.3, -0.25) is 4.79 Å². The molecule has 10 heteroatoms. The van der Waals surface area contributed by atoms with Crippen LogP contribution in [-0.2, 0) is 16.6 Å². The summed E-state index contributed by atoms with van der Waals surface area (Å²) in [5, 5.41) is 8.11. The quantitative estimate of drug-likeness (QED) is 0.498. The van der Waals surface area contributed by atoms with Crippen molar-refractivity contribution in [2.75, 3.05) is 13.1 Å². The van der Waals surface area contributed by atoms with Gasteiger partial charge in [0.25, 0.3) is 5.56 Å². The molecule has 3 heterocycles. The Bertz CT molecular complexity index is 1390. The molecular formula is C22H22N6O3S. The van der Waals surface area contributed by atoms with Crippen molar-refractivity contribution in [2.45, 2.75) is 30.2 Å². The molecule has 1 fully saturated rings. The van der Waals surface area contributed by atoms with Crippen LogP contribution in [-0.4, -0.2) is 50.8 Å². The van der Waals surface area contributed by atoms with Crippen molar-refractivity contribution in [3.8, 4) is 0 Å². The largest absolute Gasteiger partial charge is 0.308 e. The molecule has 2 aromatic carbocycles. The van der Waals surface area contributed by atoms with E-state index in [0.717, 1.165) is 5.56 Å². The third kappa shape index (κ3) is 3.82. The number of fused-ring (bicyclic) bond motifs is 1. The third-order valence-electron chi connectivity index (χ3n) is 5.79. The first-order valence-corrected chi connectivity index (χ1v) is 11.9. The summed E-state index contributed by atoms with van der Waals surface area (Å²) in [6, 6.07) is 18.2. The molecule has 32 heavy (non-hydrogen) atoms. The number of nitrogens with zero attached hydrogens (tertiary/aromatic N) is 5. The van der Waals surface area contributed by atoms with Crippen molar-refractivity contribution < 1.29 is 8.42 Å². The third-order valence-corrected chi connectivity index (χ3v) is 7.70. The van der Waals surface area contributed by atoms with E-state index in [1.54, 1.807) is 35.0 Å². The number of piperidine rings is 1. The maximum absolute atomic E-state index is 12.9. The molecule has 0 saturated carbocycles. The van der Waals surface area contributed by atoms with E-state index in [-0.39, 0.29) is 17.0 Å². The molecule has 1 aliphatic heterocycles. The van der Waals surface area contributed by atoms with Crippen molar-refractivity contribution in [3.05, 3.63) is 82.4 Å². The van der Waals surface area contributed by atoms with E-state index in [1.165, 1.54) is 4.31 Å². The topological polar surface area (TPSA) is 114 Å². The number of hydrogen-bond acceptors (Lipinski definition) is 6. The van der Waals surface area contributed by atoms with Gasteiger partial charge in [-0.1, -0.05) is 53.7 Å². The Labute approximate surface area is 184 Å². The summed E-state index contributed by atoms with van der Waals surface area (Å²) >= 11 is 0. The Hall–Kier alpha value is -3.37. The van der Waals surface area contributed by atoms with Crippen LogP contribution < -0.4 is 5.56 Å². The fourth-order valence-corrected chi connectivity index (χ4v) is 5.54. The number of H-pyrrole nitrogens is 1. The van der Waals surface area contributed by atoms with Crippen LogP contribution >= 0.6 is 0 Å². The molecular weight excluding hydrogens is 428 g/mol. The van der Waals surface area contributed by atoms with E-state index in [1.807, 2.05) is 30.3 Å². The molecule has 4 aromatic rings. The van der Waals surface area contributed by atoms with E-state index in [0.29, 0.717) is 48.8 Å². The zero-order valence-electron chi connectivity index (χ0n) is 17.3. The molecule has 0 spiro atoms. The normalized spacial score (nSPS) is 15.9. The average molecular weight is 451 g/mol. The molecule has 0 unspecified atom stereocenters. The van der Waals surface area contributed by atoms with Gasteiger partial charge in [-0.05, 0) is 30.5 Å². The smallest absolute Gasteiger partial charge is 0.281 e. The van der Waals surface area contributed by atoms with Gasteiger partial charge in [0.2, 0.25) is 10.0 Å². The molecule has 5 rings (SSSR count). The van der Waals surface area contributed by atoms with Gasteiger partial charge in [0.1, 0.15) is 5.82 Å². The maximum atomic E-state index is 12.9. The number of benzene rings is 2. The van der Waals surface area contributed by atoms with Crippen LogP contribution in [0, 0.1) is 0 Å². The van der Waals surface area contributed by atoms with E-state index in [9.17, 15) is 13.2 Å². The van der Waals surface area contributed by atoms with Crippen LogP contribution in [0.3, 0.4) is 0 Å². The first-order chi connectivity index (χ1) is 15.5. The Kier molecular flexibility index (Phi) is 5.32. The first-order valence-electron chi connectivity index (χ1n) is 10.4. The monoisotopic (exact) mass is 450 g/mol. The summed E-state index contributed by atoms with van der Waals surface area (Å²) in [4.78, 5) is 20.4. The zero-order valence-corrected chi connectivity index (χ0v) is 18.1. The molecule has 0 amide bonds. The van der Waals surface area contributed by atoms with Crippen LogP contribution in [0.1, 0.15) is 30.1 Å². The number of aromatic nitrogens is 5. The molecule has 0 atom stereocenters. The standard InChI is InChI=1S/C22H22N6O3S/c29-22-19-21(28(26-25-19)15-16-7-3-1-4-8-16)23-20(24-22)17-11-13-27(14-12-17)32(30,31)18-9-5-2-6-10-18/h1-10,17H,11-15H2,(H,23,24,29). The lowest BCUT2D eigenvalue weighted by Crippen LogP contribution is -2.38. The fraction of sp³-hybridized carbons (Fsp3) is 0.273. The Morgan fingerprint density at radius 2 is 1.62 bits per heavy atom.